The third-order valence-corrected chi connectivity index (χ3v) is 11.4. The molecule has 8 heteroatoms. The Kier molecular flexibility index (Phi) is 5.12. The van der Waals surface area contributed by atoms with Crippen LogP contribution in [0.15, 0.2) is 94.5 Å². The molecule has 7 nitrogen and oxygen atoms in total. The first-order valence-corrected chi connectivity index (χ1v) is 15.6. The molecule has 6 atom stereocenters. The lowest BCUT2D eigenvalue weighted by Gasteiger charge is -2.52. The van der Waals surface area contributed by atoms with Gasteiger partial charge in [-0.15, -0.1) is 0 Å². The predicted octanol–water partition coefficient (Wildman–Crippen LogP) is 5.18. The first-order valence-electron chi connectivity index (χ1n) is 14.9. The van der Waals surface area contributed by atoms with E-state index in [4.69, 9.17) is 5.10 Å². The second-order valence-corrected chi connectivity index (χ2v) is 13.5. The van der Waals surface area contributed by atoms with E-state index in [1.54, 1.807) is 18.3 Å². The molecule has 4 bridgehead atoms. The van der Waals surface area contributed by atoms with Gasteiger partial charge in [-0.1, -0.05) is 76.6 Å². The molecule has 43 heavy (non-hydrogen) atoms. The molecule has 2 aliphatic heterocycles. The largest absolute Gasteiger partial charge is 0.274 e. The smallest absolute Gasteiger partial charge is 0.254 e. The summed E-state index contributed by atoms with van der Waals surface area (Å²) in [4.78, 5) is 57.7. The van der Waals surface area contributed by atoms with Gasteiger partial charge in [-0.05, 0) is 71.2 Å². The Morgan fingerprint density at radius 3 is 1.81 bits per heavy atom. The molecule has 3 fully saturated rings. The molecule has 0 aromatic heterocycles. The monoisotopic (exact) mass is 631 g/mol. The van der Waals surface area contributed by atoms with E-state index in [2.05, 4.69) is 28.1 Å². The maximum Gasteiger partial charge on any atom is 0.254 e. The lowest BCUT2D eigenvalue weighted by atomic mass is 9.47. The Balaban J connectivity index is 1.24. The molecule has 8 aliphatic rings. The number of fused-ring (bicyclic) bond motifs is 1. The minimum absolute atomic E-state index is 0.0502. The van der Waals surface area contributed by atoms with E-state index in [-0.39, 0.29) is 53.2 Å². The van der Waals surface area contributed by atoms with Crippen LogP contribution in [0.4, 0.5) is 5.69 Å². The van der Waals surface area contributed by atoms with Gasteiger partial charge >= 0.3 is 0 Å². The zero-order chi connectivity index (χ0) is 29.2. The fraction of sp³-hybridized carbons (Fsp3) is 0.286. The summed E-state index contributed by atoms with van der Waals surface area (Å²) in [7, 11) is 0. The number of hydrogen-bond acceptors (Lipinski definition) is 5. The van der Waals surface area contributed by atoms with Crippen LogP contribution in [-0.4, -0.2) is 34.9 Å². The Morgan fingerprint density at radius 1 is 0.698 bits per heavy atom. The average molecular weight is 633 g/mol. The summed E-state index contributed by atoms with van der Waals surface area (Å²) in [6.45, 7) is 0. The highest BCUT2D eigenvalue weighted by atomic mass is 79.9. The van der Waals surface area contributed by atoms with Gasteiger partial charge in [0.2, 0.25) is 11.8 Å². The van der Waals surface area contributed by atoms with Crippen LogP contribution >= 0.6 is 15.9 Å². The van der Waals surface area contributed by atoms with Gasteiger partial charge < -0.3 is 0 Å². The number of nitrogens with zero attached hydrogens (tertiary/aromatic N) is 3. The van der Waals surface area contributed by atoms with Crippen molar-refractivity contribution in [2.24, 2.45) is 40.6 Å². The molecule has 1 saturated carbocycles. The summed E-state index contributed by atoms with van der Waals surface area (Å²) >= 11 is 3.45. The minimum atomic E-state index is -1.14. The van der Waals surface area contributed by atoms with Gasteiger partial charge in [0.05, 0.1) is 34.8 Å². The van der Waals surface area contributed by atoms with Crippen LogP contribution in [0.5, 0.6) is 0 Å². The van der Waals surface area contributed by atoms with Crippen molar-refractivity contribution in [3.8, 4) is 0 Å². The van der Waals surface area contributed by atoms with Gasteiger partial charge in [-0.3, -0.25) is 19.2 Å². The van der Waals surface area contributed by atoms with Crippen molar-refractivity contribution in [3.05, 3.63) is 112 Å². The fourth-order valence-electron chi connectivity index (χ4n) is 9.22. The molecule has 6 aliphatic carbocycles. The number of allylic oxidation sites excluding steroid dienone is 2. The van der Waals surface area contributed by atoms with Crippen LogP contribution in [0.3, 0.4) is 0 Å². The Bertz CT molecular complexity index is 1770. The number of carbonyl (C=O) groups excluding carboxylic acids is 4. The fourth-order valence-corrected chi connectivity index (χ4v) is 9.48. The summed E-state index contributed by atoms with van der Waals surface area (Å²) in [5.41, 5.74) is 3.10. The van der Waals surface area contributed by atoms with E-state index in [9.17, 15) is 19.2 Å². The topological polar surface area (TPSA) is 87.1 Å². The Labute approximate surface area is 256 Å². The van der Waals surface area contributed by atoms with Crippen molar-refractivity contribution in [1.82, 2.24) is 5.01 Å². The molecule has 0 unspecified atom stereocenters. The molecule has 2 saturated heterocycles. The van der Waals surface area contributed by atoms with Gasteiger partial charge in [0.1, 0.15) is 0 Å². The summed E-state index contributed by atoms with van der Waals surface area (Å²) in [6, 6.07) is 23.0. The standard InChI is InChI=1S/C35H26BrN3O4/c36-20-13-15-21(16-14-20)38-31(40)29-28-22-5-1-3-7-24(22)35(30(29)34(38)43,25-8-4-2-6-23(25)28)17-37-39-32(41)26-18-9-10-19(12-11-18)27(26)33(39)42/h1-10,13-19,26-30H,11-12H2/b37-17-/t18-,19-,26-,27+,28?,29-,30-,35?/m0/s1. The molecule has 3 aromatic rings. The molecule has 0 N–H and O–H groups in total. The molecule has 212 valence electrons. The van der Waals surface area contributed by atoms with E-state index in [0.717, 1.165) is 44.6 Å². The molecule has 2 heterocycles. The number of hydrazone groups is 1. The Morgan fingerprint density at radius 2 is 1.26 bits per heavy atom. The van der Waals surface area contributed by atoms with Crippen molar-refractivity contribution < 1.29 is 19.2 Å². The number of anilines is 1. The number of amides is 4. The number of rotatable bonds is 3. The molecule has 0 spiro atoms. The second kappa shape index (κ2) is 8.69. The van der Waals surface area contributed by atoms with E-state index in [1.807, 2.05) is 60.7 Å². The lowest BCUT2D eigenvalue weighted by molar-refractivity contribution is -0.140. The molecule has 0 radical (unpaired) electrons. The number of imide groups is 2. The highest BCUT2D eigenvalue weighted by molar-refractivity contribution is 9.10. The summed E-state index contributed by atoms with van der Waals surface area (Å²) < 4.78 is 0.848. The third kappa shape index (κ3) is 3.07. The van der Waals surface area contributed by atoms with Crippen molar-refractivity contribution in [2.45, 2.75) is 24.2 Å². The van der Waals surface area contributed by atoms with Crippen LogP contribution in [0.2, 0.25) is 0 Å². The SMILES string of the molecule is O=C1[C@@H]2[C@H](C(=O)N1/N=C\C13c4ccccc4C(c4ccccc41)[C@@H]1C(=O)N(c4ccc(Br)cc4)C(=O)[C@H]13)[C@H]1C=C[C@H]2CC1. The van der Waals surface area contributed by atoms with Gasteiger partial charge in [-0.2, -0.15) is 10.1 Å². The van der Waals surface area contributed by atoms with Crippen molar-refractivity contribution >= 4 is 51.5 Å². The van der Waals surface area contributed by atoms with Crippen molar-refractivity contribution in [1.29, 1.82) is 0 Å². The van der Waals surface area contributed by atoms with E-state index in [0.29, 0.717) is 5.69 Å². The molecule has 11 rings (SSSR count). The first-order chi connectivity index (χ1) is 20.9. The lowest BCUT2D eigenvalue weighted by Crippen LogP contribution is -2.55. The van der Waals surface area contributed by atoms with Crippen molar-refractivity contribution in [3.63, 3.8) is 0 Å². The highest BCUT2D eigenvalue weighted by Gasteiger charge is 2.68. The quantitative estimate of drug-likeness (QED) is 0.226. The molecule has 3 aromatic carbocycles. The molecular weight excluding hydrogens is 606 g/mol. The molecule has 4 amide bonds. The number of benzene rings is 3. The average Bonchev–Trinajstić information content (AvgIpc) is 3.47. The number of hydrogen-bond donors (Lipinski definition) is 0. The van der Waals surface area contributed by atoms with E-state index < -0.39 is 17.3 Å². The number of carbonyl (C=O) groups is 4. The Hall–Kier alpha value is -4.17. The zero-order valence-corrected chi connectivity index (χ0v) is 24.6. The van der Waals surface area contributed by atoms with Gasteiger partial charge in [0.15, 0.2) is 0 Å². The van der Waals surface area contributed by atoms with Crippen LogP contribution in [-0.2, 0) is 24.6 Å². The predicted molar refractivity (Wildman–Crippen MR) is 162 cm³/mol. The van der Waals surface area contributed by atoms with E-state index >= 15 is 0 Å². The van der Waals surface area contributed by atoms with E-state index in [1.165, 1.54) is 4.90 Å². The van der Waals surface area contributed by atoms with Crippen LogP contribution in [0.25, 0.3) is 0 Å². The third-order valence-electron chi connectivity index (χ3n) is 10.9. The number of halogens is 1. The summed E-state index contributed by atoms with van der Waals surface area (Å²) in [5, 5.41) is 5.78. The summed E-state index contributed by atoms with van der Waals surface area (Å²) in [5.74, 6) is -3.49. The van der Waals surface area contributed by atoms with Crippen LogP contribution < -0.4 is 4.90 Å². The van der Waals surface area contributed by atoms with Gasteiger partial charge in [0, 0.05) is 16.6 Å². The van der Waals surface area contributed by atoms with Gasteiger partial charge in [0.25, 0.3) is 11.8 Å². The van der Waals surface area contributed by atoms with Gasteiger partial charge in [-0.25, -0.2) is 4.90 Å². The van der Waals surface area contributed by atoms with Crippen LogP contribution in [0.1, 0.15) is 41.0 Å². The second-order valence-electron chi connectivity index (χ2n) is 12.6. The first kappa shape index (κ1) is 25.3. The summed E-state index contributed by atoms with van der Waals surface area (Å²) in [6.07, 6.45) is 7.63. The van der Waals surface area contributed by atoms with Crippen LogP contribution in [0, 0.1) is 35.5 Å². The maximum atomic E-state index is 14.6. The molecular formula is C35H26BrN3O4. The highest BCUT2D eigenvalue weighted by Crippen LogP contribution is 2.64. The minimum Gasteiger partial charge on any atom is -0.274 e. The zero-order valence-electron chi connectivity index (χ0n) is 23.0. The van der Waals surface area contributed by atoms with Crippen molar-refractivity contribution in [2.75, 3.05) is 4.90 Å². The normalized spacial score (nSPS) is 34.7. The maximum absolute atomic E-state index is 14.6.